The fourth-order valence-corrected chi connectivity index (χ4v) is 6.76. The van der Waals surface area contributed by atoms with E-state index in [9.17, 15) is 9.59 Å². The van der Waals surface area contributed by atoms with E-state index in [1.807, 2.05) is 24.3 Å². The van der Waals surface area contributed by atoms with E-state index in [0.717, 1.165) is 44.8 Å². The maximum Gasteiger partial charge on any atom is 0.237 e. The number of carbonyl (C=O) groups excluding carboxylic acids is 2. The number of nitrogens with one attached hydrogen (secondary N) is 3. The number of carbonyl (C=O) groups is 2. The summed E-state index contributed by atoms with van der Waals surface area (Å²) in [6.07, 6.45) is 1.39. The van der Waals surface area contributed by atoms with Crippen LogP contribution in [0.25, 0.3) is 0 Å². The number of halogens is 2. The molecule has 3 heterocycles. The normalized spacial score (nSPS) is 27.0. The molecular weight excluding hydrogens is 519 g/mol. The number of fused-ring (bicyclic) bond motifs is 2. The molecule has 1 spiro atoms. The van der Waals surface area contributed by atoms with Gasteiger partial charge in [-0.1, -0.05) is 62.7 Å². The van der Waals surface area contributed by atoms with Crippen molar-refractivity contribution >= 4 is 29.1 Å². The first kappa shape index (κ1) is 28.0. The van der Waals surface area contributed by atoms with Crippen molar-refractivity contribution in [2.45, 2.75) is 57.0 Å². The number of anilines is 1. The summed E-state index contributed by atoms with van der Waals surface area (Å²) >= 11 is 6.26. The monoisotopic (exact) mass is 556 g/mol. The molecule has 4 atom stereocenters. The second-order valence-corrected chi connectivity index (χ2v) is 12.5. The highest BCUT2D eigenvalue weighted by molar-refractivity contribution is 6.30. The molecule has 2 amide bonds. The third-order valence-corrected chi connectivity index (χ3v) is 8.51. The lowest BCUT2D eigenvalue weighted by Gasteiger charge is -2.37. The summed E-state index contributed by atoms with van der Waals surface area (Å²) in [5.41, 5.74) is 0.395. The van der Waals surface area contributed by atoms with Gasteiger partial charge < -0.3 is 20.7 Å². The topological polar surface area (TPSA) is 82.7 Å². The van der Waals surface area contributed by atoms with Crippen LogP contribution in [0.4, 0.5) is 10.1 Å². The molecule has 9 heteroatoms. The number of ether oxygens (including phenoxy) is 1. The lowest BCUT2D eigenvalue weighted by Crippen LogP contribution is -2.49. The van der Waals surface area contributed by atoms with E-state index in [2.05, 4.69) is 41.6 Å². The minimum absolute atomic E-state index is 0.0294. The summed E-state index contributed by atoms with van der Waals surface area (Å²) in [7, 11) is 0. The smallest absolute Gasteiger partial charge is 0.237 e. The van der Waals surface area contributed by atoms with Crippen molar-refractivity contribution < 1.29 is 18.7 Å². The van der Waals surface area contributed by atoms with Crippen LogP contribution in [0, 0.1) is 11.2 Å². The standard InChI is InChI=1S/C30H38ClFN4O3/c1-29(2,3)18-23-30(20-9-4-5-11-22(20)34-28(30)38)24(19-8-6-10-21(31)25(19)32)26(35-23)27(37)33-12-7-13-36-14-16-39-17-15-36/h4-6,8-11,23-24,26,35H,7,12-18H2,1-3H3,(H,33,37)(H,34,38). The van der Waals surface area contributed by atoms with Gasteiger partial charge in [-0.05, 0) is 48.1 Å². The SMILES string of the molecule is CC(C)(C)CC1NC(C(=O)NCCCN2CCOCC2)C(c2cccc(Cl)c2F)C12C(=O)Nc1ccccc12. The van der Waals surface area contributed by atoms with Gasteiger partial charge in [0.2, 0.25) is 11.8 Å². The summed E-state index contributed by atoms with van der Waals surface area (Å²) in [6, 6.07) is 11.1. The first-order valence-electron chi connectivity index (χ1n) is 13.8. The maximum atomic E-state index is 15.8. The van der Waals surface area contributed by atoms with Gasteiger partial charge in [-0.15, -0.1) is 0 Å². The lowest BCUT2D eigenvalue weighted by atomic mass is 9.62. The number of rotatable bonds is 7. The summed E-state index contributed by atoms with van der Waals surface area (Å²) in [5.74, 6) is -1.86. The molecule has 2 aromatic carbocycles. The van der Waals surface area contributed by atoms with E-state index in [1.165, 1.54) is 6.07 Å². The van der Waals surface area contributed by atoms with E-state index in [-0.39, 0.29) is 27.8 Å². The summed E-state index contributed by atoms with van der Waals surface area (Å²) < 4.78 is 21.2. The van der Waals surface area contributed by atoms with Gasteiger partial charge in [0.15, 0.2) is 0 Å². The zero-order valence-electron chi connectivity index (χ0n) is 22.9. The summed E-state index contributed by atoms with van der Waals surface area (Å²) in [6.45, 7) is 10.9. The molecule has 3 N–H and O–H groups in total. The van der Waals surface area contributed by atoms with Gasteiger partial charge in [-0.25, -0.2) is 4.39 Å². The third kappa shape index (κ3) is 5.32. The van der Waals surface area contributed by atoms with Gasteiger partial charge in [0.05, 0.1) is 24.3 Å². The van der Waals surface area contributed by atoms with Crippen molar-refractivity contribution in [1.29, 1.82) is 0 Å². The summed E-state index contributed by atoms with van der Waals surface area (Å²) in [4.78, 5) is 30.3. The van der Waals surface area contributed by atoms with E-state index in [0.29, 0.717) is 18.7 Å². The molecule has 4 unspecified atom stereocenters. The van der Waals surface area contributed by atoms with Crippen molar-refractivity contribution in [3.63, 3.8) is 0 Å². The number of nitrogens with zero attached hydrogens (tertiary/aromatic N) is 1. The molecule has 7 nitrogen and oxygen atoms in total. The van der Waals surface area contributed by atoms with Crippen LogP contribution >= 0.6 is 11.6 Å². The molecular formula is C30H38ClFN4O3. The van der Waals surface area contributed by atoms with Crippen molar-refractivity contribution in [2.75, 3.05) is 44.7 Å². The Labute approximate surface area is 234 Å². The zero-order chi connectivity index (χ0) is 27.8. The zero-order valence-corrected chi connectivity index (χ0v) is 23.6. The Hall–Kier alpha value is -2.52. The third-order valence-electron chi connectivity index (χ3n) is 8.22. The Kier molecular flexibility index (Phi) is 8.02. The van der Waals surface area contributed by atoms with Crippen molar-refractivity contribution in [1.82, 2.24) is 15.5 Å². The predicted octanol–water partition coefficient (Wildman–Crippen LogP) is 4.07. The quantitative estimate of drug-likeness (QED) is 0.448. The van der Waals surface area contributed by atoms with Crippen LogP contribution in [0.5, 0.6) is 0 Å². The van der Waals surface area contributed by atoms with Gasteiger partial charge in [-0.2, -0.15) is 0 Å². The van der Waals surface area contributed by atoms with E-state index in [1.54, 1.807) is 12.1 Å². The number of amides is 2. The van der Waals surface area contributed by atoms with Crippen molar-refractivity contribution in [2.24, 2.45) is 5.41 Å². The number of hydrogen-bond donors (Lipinski definition) is 3. The fraction of sp³-hybridized carbons (Fsp3) is 0.533. The first-order valence-corrected chi connectivity index (χ1v) is 14.2. The van der Waals surface area contributed by atoms with Crippen molar-refractivity contribution in [3.8, 4) is 0 Å². The molecule has 0 aromatic heterocycles. The van der Waals surface area contributed by atoms with E-state index >= 15 is 4.39 Å². The molecule has 3 aliphatic heterocycles. The lowest BCUT2D eigenvalue weighted by molar-refractivity contribution is -0.123. The van der Waals surface area contributed by atoms with Crippen LogP contribution in [-0.4, -0.2) is 68.2 Å². The molecule has 2 fully saturated rings. The maximum absolute atomic E-state index is 15.8. The molecule has 0 aliphatic carbocycles. The largest absolute Gasteiger partial charge is 0.379 e. The highest BCUT2D eigenvalue weighted by atomic mass is 35.5. The van der Waals surface area contributed by atoms with Gasteiger partial charge in [0.1, 0.15) is 11.2 Å². The van der Waals surface area contributed by atoms with Crippen LogP contribution in [0.2, 0.25) is 5.02 Å². The van der Waals surface area contributed by atoms with Crippen LogP contribution in [0.15, 0.2) is 42.5 Å². The van der Waals surface area contributed by atoms with E-state index in [4.69, 9.17) is 16.3 Å². The second kappa shape index (κ2) is 11.2. The molecule has 2 aromatic rings. The van der Waals surface area contributed by atoms with Crippen LogP contribution < -0.4 is 16.0 Å². The summed E-state index contributed by atoms with van der Waals surface area (Å²) in [5, 5.41) is 9.62. The minimum atomic E-state index is -1.19. The van der Waals surface area contributed by atoms with Gasteiger partial charge in [0.25, 0.3) is 0 Å². The molecule has 3 aliphatic rings. The highest BCUT2D eigenvalue weighted by Crippen LogP contribution is 2.56. The molecule has 0 radical (unpaired) electrons. The number of morpholine rings is 1. The minimum Gasteiger partial charge on any atom is -0.379 e. The average molecular weight is 557 g/mol. The van der Waals surface area contributed by atoms with Crippen LogP contribution in [0.1, 0.15) is 50.7 Å². The van der Waals surface area contributed by atoms with Crippen molar-refractivity contribution in [3.05, 3.63) is 64.4 Å². The molecule has 210 valence electrons. The Balaban J connectivity index is 1.52. The van der Waals surface area contributed by atoms with Gasteiger partial charge >= 0.3 is 0 Å². The van der Waals surface area contributed by atoms with E-state index < -0.39 is 29.2 Å². The number of benzene rings is 2. The Bertz CT molecular complexity index is 1230. The number of para-hydroxylation sites is 1. The Morgan fingerprint density at radius 1 is 1.18 bits per heavy atom. The molecule has 0 saturated carbocycles. The molecule has 39 heavy (non-hydrogen) atoms. The average Bonchev–Trinajstić information content (AvgIpc) is 3.38. The molecule has 2 saturated heterocycles. The van der Waals surface area contributed by atoms with Crippen LogP contribution in [-0.2, 0) is 19.7 Å². The first-order chi connectivity index (χ1) is 18.6. The fourth-order valence-electron chi connectivity index (χ4n) is 6.57. The number of hydrogen-bond acceptors (Lipinski definition) is 5. The molecule has 0 bridgehead atoms. The van der Waals surface area contributed by atoms with Crippen LogP contribution in [0.3, 0.4) is 0 Å². The Morgan fingerprint density at radius 2 is 1.92 bits per heavy atom. The highest BCUT2D eigenvalue weighted by Gasteiger charge is 2.66. The van der Waals surface area contributed by atoms with Gasteiger partial charge in [0, 0.05) is 37.3 Å². The molecule has 5 rings (SSSR count). The Morgan fingerprint density at radius 3 is 2.67 bits per heavy atom. The van der Waals surface area contributed by atoms with Gasteiger partial charge in [-0.3, -0.25) is 14.5 Å². The second-order valence-electron chi connectivity index (χ2n) is 12.0. The predicted molar refractivity (Wildman–Crippen MR) is 151 cm³/mol.